The summed E-state index contributed by atoms with van der Waals surface area (Å²) in [5.74, 6) is 0. The molecule has 2 heteroatoms. The molecule has 8 heavy (non-hydrogen) atoms. The smallest absolute Gasteiger partial charge is 0.0955 e. The van der Waals surface area contributed by atoms with E-state index in [4.69, 9.17) is 5.26 Å². The van der Waals surface area contributed by atoms with Gasteiger partial charge in [0, 0.05) is 6.04 Å². The van der Waals surface area contributed by atoms with Crippen LogP contribution in [0.1, 0.15) is 19.8 Å². The predicted octanol–water partition coefficient (Wildman–Crippen LogP) is 0.650. The van der Waals surface area contributed by atoms with E-state index in [0.717, 1.165) is 12.8 Å². The maximum atomic E-state index is 8.37. The van der Waals surface area contributed by atoms with Crippen molar-refractivity contribution in [2.24, 2.45) is 0 Å². The van der Waals surface area contributed by atoms with Crippen molar-refractivity contribution in [3.05, 3.63) is 0 Å². The molecule has 2 unspecified atom stereocenters. The average molecular weight is 110 g/mol. The Balaban J connectivity index is 2.35. The van der Waals surface area contributed by atoms with Crippen LogP contribution in [0.25, 0.3) is 0 Å². The number of nitrogens with zero attached hydrogens (tertiary/aromatic N) is 1. The normalized spacial score (nSPS) is 37.0. The molecule has 0 amide bonds. The van der Waals surface area contributed by atoms with Crippen molar-refractivity contribution in [2.45, 2.75) is 31.8 Å². The Morgan fingerprint density at radius 2 is 2.38 bits per heavy atom. The minimum atomic E-state index is 0.130. The zero-order chi connectivity index (χ0) is 5.98. The van der Waals surface area contributed by atoms with E-state index >= 15 is 0 Å². The van der Waals surface area contributed by atoms with E-state index in [-0.39, 0.29) is 6.04 Å². The minimum Gasteiger partial charge on any atom is -0.299 e. The van der Waals surface area contributed by atoms with Gasteiger partial charge in [-0.15, -0.1) is 0 Å². The molecule has 1 rings (SSSR count). The SMILES string of the molecule is CC1CCC(C#N)N1. The quantitative estimate of drug-likeness (QED) is 0.497. The molecule has 44 valence electrons. The van der Waals surface area contributed by atoms with Gasteiger partial charge in [0.2, 0.25) is 0 Å². The first-order chi connectivity index (χ1) is 3.83. The maximum Gasteiger partial charge on any atom is 0.0955 e. The fourth-order valence-corrected chi connectivity index (χ4v) is 1.03. The molecule has 1 aliphatic heterocycles. The Kier molecular flexibility index (Phi) is 1.50. The lowest BCUT2D eigenvalue weighted by Crippen LogP contribution is -2.25. The van der Waals surface area contributed by atoms with Crippen LogP contribution in [0.15, 0.2) is 0 Å². The van der Waals surface area contributed by atoms with Gasteiger partial charge in [-0.05, 0) is 19.8 Å². The maximum absolute atomic E-state index is 8.37. The van der Waals surface area contributed by atoms with Gasteiger partial charge in [-0.3, -0.25) is 5.32 Å². The van der Waals surface area contributed by atoms with E-state index in [1.165, 1.54) is 0 Å². The number of hydrogen-bond donors (Lipinski definition) is 1. The topological polar surface area (TPSA) is 35.8 Å². The molecule has 0 spiro atoms. The Bertz CT molecular complexity index is 114. The van der Waals surface area contributed by atoms with Crippen molar-refractivity contribution < 1.29 is 0 Å². The Morgan fingerprint density at radius 3 is 2.62 bits per heavy atom. The monoisotopic (exact) mass is 110 g/mol. The molecule has 0 aliphatic carbocycles. The Labute approximate surface area is 49.5 Å². The summed E-state index contributed by atoms with van der Waals surface area (Å²) < 4.78 is 0. The van der Waals surface area contributed by atoms with Crippen LogP contribution in [0.2, 0.25) is 0 Å². The van der Waals surface area contributed by atoms with Gasteiger partial charge < -0.3 is 0 Å². The minimum absolute atomic E-state index is 0.130. The molecule has 0 bridgehead atoms. The summed E-state index contributed by atoms with van der Waals surface area (Å²) in [4.78, 5) is 0. The van der Waals surface area contributed by atoms with Crippen LogP contribution in [-0.2, 0) is 0 Å². The summed E-state index contributed by atoms with van der Waals surface area (Å²) in [7, 11) is 0. The highest BCUT2D eigenvalue weighted by atomic mass is 15.0. The van der Waals surface area contributed by atoms with Crippen LogP contribution in [0.4, 0.5) is 0 Å². The average Bonchev–Trinajstić information content (AvgIpc) is 2.14. The first kappa shape index (κ1) is 5.58. The molecule has 1 fully saturated rings. The van der Waals surface area contributed by atoms with Gasteiger partial charge in [-0.2, -0.15) is 5.26 Å². The van der Waals surface area contributed by atoms with E-state index in [2.05, 4.69) is 18.3 Å². The number of nitrogens with one attached hydrogen (secondary N) is 1. The third-order valence-corrected chi connectivity index (χ3v) is 1.53. The predicted molar refractivity (Wildman–Crippen MR) is 31.2 cm³/mol. The Morgan fingerprint density at radius 1 is 1.62 bits per heavy atom. The Hall–Kier alpha value is -0.550. The van der Waals surface area contributed by atoms with Gasteiger partial charge in [0.05, 0.1) is 12.1 Å². The largest absolute Gasteiger partial charge is 0.299 e. The second-order valence-corrected chi connectivity index (χ2v) is 2.33. The molecule has 2 nitrogen and oxygen atoms in total. The van der Waals surface area contributed by atoms with E-state index in [9.17, 15) is 0 Å². The molecular weight excluding hydrogens is 100 g/mol. The summed E-state index contributed by atoms with van der Waals surface area (Å²) in [5.41, 5.74) is 0. The van der Waals surface area contributed by atoms with Crippen molar-refractivity contribution in [1.82, 2.24) is 5.32 Å². The van der Waals surface area contributed by atoms with E-state index in [0.29, 0.717) is 6.04 Å². The lowest BCUT2D eigenvalue weighted by atomic mass is 10.2. The lowest BCUT2D eigenvalue weighted by Gasteiger charge is -1.99. The first-order valence-electron chi connectivity index (χ1n) is 2.98. The molecule has 0 aromatic carbocycles. The number of hydrogen-bond acceptors (Lipinski definition) is 2. The molecule has 1 N–H and O–H groups in total. The molecule has 2 atom stereocenters. The highest BCUT2D eigenvalue weighted by Crippen LogP contribution is 2.09. The second kappa shape index (κ2) is 2.15. The van der Waals surface area contributed by atoms with Gasteiger partial charge in [-0.1, -0.05) is 0 Å². The summed E-state index contributed by atoms with van der Waals surface area (Å²) >= 11 is 0. The van der Waals surface area contributed by atoms with Gasteiger partial charge in [-0.25, -0.2) is 0 Å². The summed E-state index contributed by atoms with van der Waals surface area (Å²) in [5, 5.41) is 11.5. The first-order valence-corrected chi connectivity index (χ1v) is 2.98. The molecule has 0 radical (unpaired) electrons. The zero-order valence-electron chi connectivity index (χ0n) is 5.02. The van der Waals surface area contributed by atoms with Crippen LogP contribution >= 0.6 is 0 Å². The van der Waals surface area contributed by atoms with Crippen molar-refractivity contribution in [1.29, 1.82) is 5.26 Å². The van der Waals surface area contributed by atoms with Crippen LogP contribution in [0, 0.1) is 11.3 Å². The highest BCUT2D eigenvalue weighted by molar-refractivity contribution is 4.95. The number of rotatable bonds is 0. The molecule has 1 saturated heterocycles. The third kappa shape index (κ3) is 0.988. The molecule has 1 aliphatic rings. The van der Waals surface area contributed by atoms with Gasteiger partial charge >= 0.3 is 0 Å². The van der Waals surface area contributed by atoms with Crippen LogP contribution in [0.3, 0.4) is 0 Å². The molecule has 0 aromatic heterocycles. The fraction of sp³-hybridized carbons (Fsp3) is 0.833. The van der Waals surface area contributed by atoms with E-state index < -0.39 is 0 Å². The fourth-order valence-electron chi connectivity index (χ4n) is 1.03. The van der Waals surface area contributed by atoms with Crippen LogP contribution in [-0.4, -0.2) is 12.1 Å². The zero-order valence-corrected chi connectivity index (χ0v) is 5.02. The summed E-state index contributed by atoms with van der Waals surface area (Å²) in [6, 6.07) is 2.87. The molecule has 0 saturated carbocycles. The summed E-state index contributed by atoms with van der Waals surface area (Å²) in [6.07, 6.45) is 2.18. The lowest BCUT2D eigenvalue weighted by molar-refractivity contribution is 0.632. The van der Waals surface area contributed by atoms with Gasteiger partial charge in [0.15, 0.2) is 0 Å². The molecule has 1 heterocycles. The van der Waals surface area contributed by atoms with Crippen molar-refractivity contribution in [2.75, 3.05) is 0 Å². The van der Waals surface area contributed by atoms with E-state index in [1.807, 2.05) is 0 Å². The number of nitriles is 1. The van der Waals surface area contributed by atoms with Crippen LogP contribution in [0.5, 0.6) is 0 Å². The van der Waals surface area contributed by atoms with Crippen molar-refractivity contribution >= 4 is 0 Å². The van der Waals surface area contributed by atoms with Gasteiger partial charge in [0.25, 0.3) is 0 Å². The standard InChI is InChI=1S/C6H10N2/c1-5-2-3-6(4-7)8-5/h5-6,8H,2-3H2,1H3. The summed E-state index contributed by atoms with van der Waals surface area (Å²) in [6.45, 7) is 2.11. The van der Waals surface area contributed by atoms with Crippen molar-refractivity contribution in [3.8, 4) is 6.07 Å². The molecular formula is C6H10N2. The third-order valence-electron chi connectivity index (χ3n) is 1.53. The van der Waals surface area contributed by atoms with Crippen LogP contribution < -0.4 is 5.32 Å². The highest BCUT2D eigenvalue weighted by Gasteiger charge is 2.18. The van der Waals surface area contributed by atoms with Gasteiger partial charge in [0.1, 0.15) is 0 Å². The van der Waals surface area contributed by atoms with E-state index in [1.54, 1.807) is 0 Å². The second-order valence-electron chi connectivity index (χ2n) is 2.33. The molecule has 0 aromatic rings. The van der Waals surface area contributed by atoms with Crippen molar-refractivity contribution in [3.63, 3.8) is 0 Å².